The van der Waals surface area contributed by atoms with E-state index in [4.69, 9.17) is 0 Å². The number of aryl methyl sites for hydroxylation is 1. The molecule has 5 aromatic rings. The molecule has 0 aliphatic carbocycles. The van der Waals surface area contributed by atoms with Gasteiger partial charge in [-0.25, -0.2) is 4.39 Å². The van der Waals surface area contributed by atoms with Gasteiger partial charge in [-0.1, -0.05) is 30.3 Å². The number of halogens is 1. The standard InChI is InChI=1S/C27H24FN3O/c28-22-8-5-18(6-9-22)17-29-12-1-3-19-15-21-11-14-31-27(32)26(21)24-16-20(7-10-23(19)24)25-4-2-13-30-25/h2,4-11,13-16,29-30H,1,3,12,17H2,(H,31,32). The van der Waals surface area contributed by atoms with Crippen molar-refractivity contribution < 1.29 is 4.39 Å². The molecule has 0 aliphatic rings. The fraction of sp³-hybridized carbons (Fsp3) is 0.148. The van der Waals surface area contributed by atoms with Crippen LogP contribution in [-0.4, -0.2) is 16.5 Å². The minimum atomic E-state index is -0.213. The molecular formula is C27H24FN3O. The minimum absolute atomic E-state index is 0.0661. The van der Waals surface area contributed by atoms with E-state index in [0.29, 0.717) is 6.54 Å². The average Bonchev–Trinajstić information content (AvgIpc) is 3.35. The summed E-state index contributed by atoms with van der Waals surface area (Å²) < 4.78 is 13.0. The Morgan fingerprint density at radius 3 is 2.56 bits per heavy atom. The molecular weight excluding hydrogens is 401 g/mol. The molecule has 4 nitrogen and oxygen atoms in total. The Hall–Kier alpha value is -3.70. The molecule has 0 spiro atoms. The molecule has 32 heavy (non-hydrogen) atoms. The summed E-state index contributed by atoms with van der Waals surface area (Å²) in [5.74, 6) is -0.213. The zero-order valence-electron chi connectivity index (χ0n) is 17.6. The first kappa shape index (κ1) is 20.2. The van der Waals surface area contributed by atoms with E-state index in [9.17, 15) is 9.18 Å². The third-order valence-electron chi connectivity index (χ3n) is 5.91. The normalized spacial score (nSPS) is 11.4. The van der Waals surface area contributed by atoms with E-state index in [1.807, 2.05) is 24.4 Å². The van der Waals surface area contributed by atoms with Crippen molar-refractivity contribution in [3.8, 4) is 11.3 Å². The Kier molecular flexibility index (Phi) is 5.57. The first-order valence-corrected chi connectivity index (χ1v) is 10.8. The van der Waals surface area contributed by atoms with Crippen LogP contribution in [0.3, 0.4) is 0 Å². The van der Waals surface area contributed by atoms with Crippen LogP contribution in [0.2, 0.25) is 0 Å². The zero-order chi connectivity index (χ0) is 21.9. The van der Waals surface area contributed by atoms with Crippen molar-refractivity contribution in [2.24, 2.45) is 0 Å². The van der Waals surface area contributed by atoms with Crippen LogP contribution in [-0.2, 0) is 13.0 Å². The van der Waals surface area contributed by atoms with Crippen molar-refractivity contribution in [3.63, 3.8) is 0 Å². The van der Waals surface area contributed by atoms with E-state index in [1.165, 1.54) is 17.7 Å². The maximum atomic E-state index is 13.0. The molecule has 0 saturated heterocycles. The van der Waals surface area contributed by atoms with E-state index in [0.717, 1.165) is 57.8 Å². The number of hydrogen-bond acceptors (Lipinski definition) is 2. The molecule has 0 amide bonds. The van der Waals surface area contributed by atoms with Crippen LogP contribution in [0.5, 0.6) is 0 Å². The lowest BCUT2D eigenvalue weighted by molar-refractivity contribution is 0.622. The highest BCUT2D eigenvalue weighted by Crippen LogP contribution is 2.31. The monoisotopic (exact) mass is 425 g/mol. The molecule has 0 aliphatic heterocycles. The number of pyridine rings is 1. The smallest absolute Gasteiger partial charge is 0.256 e. The number of H-pyrrole nitrogens is 2. The summed E-state index contributed by atoms with van der Waals surface area (Å²) in [7, 11) is 0. The van der Waals surface area contributed by atoms with Crippen LogP contribution >= 0.6 is 0 Å². The van der Waals surface area contributed by atoms with Gasteiger partial charge in [-0.15, -0.1) is 0 Å². The van der Waals surface area contributed by atoms with Crippen molar-refractivity contribution in [2.75, 3.05) is 6.54 Å². The summed E-state index contributed by atoms with van der Waals surface area (Å²) in [6, 6.07) is 21.0. The van der Waals surface area contributed by atoms with Crippen LogP contribution < -0.4 is 10.9 Å². The number of benzene rings is 3. The highest BCUT2D eigenvalue weighted by molar-refractivity contribution is 6.09. The molecule has 0 unspecified atom stereocenters. The second-order valence-corrected chi connectivity index (χ2v) is 8.06. The van der Waals surface area contributed by atoms with Gasteiger partial charge in [0.05, 0.1) is 5.39 Å². The first-order chi connectivity index (χ1) is 15.7. The molecule has 5 rings (SSSR count). The molecule has 0 atom stereocenters. The number of fused-ring (bicyclic) bond motifs is 3. The lowest BCUT2D eigenvalue weighted by Gasteiger charge is -2.12. The molecule has 5 heteroatoms. The van der Waals surface area contributed by atoms with E-state index < -0.39 is 0 Å². The van der Waals surface area contributed by atoms with Crippen molar-refractivity contribution in [2.45, 2.75) is 19.4 Å². The Balaban J connectivity index is 1.40. The third kappa shape index (κ3) is 4.07. The average molecular weight is 426 g/mol. The zero-order valence-corrected chi connectivity index (χ0v) is 17.6. The van der Waals surface area contributed by atoms with Gasteiger partial charge in [0.1, 0.15) is 5.82 Å². The number of nitrogens with one attached hydrogen (secondary N) is 3. The van der Waals surface area contributed by atoms with Crippen LogP contribution in [0.4, 0.5) is 4.39 Å². The molecule has 160 valence electrons. The number of aromatic amines is 2. The van der Waals surface area contributed by atoms with Gasteiger partial charge in [-0.05, 0) is 88.6 Å². The second kappa shape index (κ2) is 8.81. The number of rotatable bonds is 7. The van der Waals surface area contributed by atoms with Gasteiger partial charge in [0, 0.05) is 24.6 Å². The Labute approximate surface area is 185 Å². The summed E-state index contributed by atoms with van der Waals surface area (Å²) in [5.41, 5.74) is 4.33. The Morgan fingerprint density at radius 2 is 1.75 bits per heavy atom. The van der Waals surface area contributed by atoms with Gasteiger partial charge in [0.15, 0.2) is 0 Å². The predicted molar refractivity (Wildman–Crippen MR) is 128 cm³/mol. The van der Waals surface area contributed by atoms with Gasteiger partial charge in [0.25, 0.3) is 5.56 Å². The minimum Gasteiger partial charge on any atom is -0.361 e. The number of aromatic nitrogens is 2. The van der Waals surface area contributed by atoms with Gasteiger partial charge in [0.2, 0.25) is 0 Å². The summed E-state index contributed by atoms with van der Waals surface area (Å²) in [6.07, 6.45) is 5.47. The number of hydrogen-bond donors (Lipinski definition) is 3. The Bertz CT molecular complexity index is 1420. The molecule has 3 N–H and O–H groups in total. The van der Waals surface area contributed by atoms with Gasteiger partial charge in [-0.2, -0.15) is 0 Å². The van der Waals surface area contributed by atoms with Crippen molar-refractivity contribution in [1.29, 1.82) is 0 Å². The van der Waals surface area contributed by atoms with Crippen LogP contribution in [0.15, 0.2) is 83.9 Å². The second-order valence-electron chi connectivity index (χ2n) is 8.06. The quantitative estimate of drug-likeness (QED) is 0.237. The lowest BCUT2D eigenvalue weighted by atomic mass is 9.94. The molecule has 2 heterocycles. The third-order valence-corrected chi connectivity index (χ3v) is 5.91. The van der Waals surface area contributed by atoms with E-state index >= 15 is 0 Å². The lowest BCUT2D eigenvalue weighted by Crippen LogP contribution is -2.15. The predicted octanol–water partition coefficient (Wildman–Crippen LogP) is 5.54. The SMILES string of the molecule is O=c1[nH]ccc2cc(CCCNCc3ccc(F)cc3)c3ccc(-c4ccc[nH]4)cc3c12. The van der Waals surface area contributed by atoms with E-state index in [2.05, 4.69) is 39.6 Å². The van der Waals surface area contributed by atoms with E-state index in [1.54, 1.807) is 18.3 Å². The fourth-order valence-electron chi connectivity index (χ4n) is 4.31. The van der Waals surface area contributed by atoms with Gasteiger partial charge < -0.3 is 15.3 Å². The van der Waals surface area contributed by atoms with Crippen LogP contribution in [0.25, 0.3) is 32.8 Å². The molecule has 0 bridgehead atoms. The molecule has 0 radical (unpaired) electrons. The van der Waals surface area contributed by atoms with Crippen molar-refractivity contribution in [1.82, 2.24) is 15.3 Å². The highest BCUT2D eigenvalue weighted by atomic mass is 19.1. The summed E-state index contributed by atoms with van der Waals surface area (Å²) >= 11 is 0. The summed E-state index contributed by atoms with van der Waals surface area (Å²) in [5, 5.41) is 7.21. The molecule has 0 saturated carbocycles. The van der Waals surface area contributed by atoms with Crippen LogP contribution in [0.1, 0.15) is 17.5 Å². The summed E-state index contributed by atoms with van der Waals surface area (Å²) in [4.78, 5) is 18.7. The van der Waals surface area contributed by atoms with Gasteiger partial charge in [-0.3, -0.25) is 4.79 Å². The molecule has 2 aromatic heterocycles. The maximum absolute atomic E-state index is 13.0. The maximum Gasteiger partial charge on any atom is 0.256 e. The molecule has 0 fully saturated rings. The highest BCUT2D eigenvalue weighted by Gasteiger charge is 2.11. The molecule has 3 aromatic carbocycles. The Morgan fingerprint density at radius 1 is 0.875 bits per heavy atom. The topological polar surface area (TPSA) is 60.7 Å². The van der Waals surface area contributed by atoms with E-state index in [-0.39, 0.29) is 11.4 Å². The first-order valence-electron chi connectivity index (χ1n) is 10.8. The summed E-state index contributed by atoms with van der Waals surface area (Å²) in [6.45, 7) is 1.57. The fourth-order valence-corrected chi connectivity index (χ4v) is 4.31. The largest absolute Gasteiger partial charge is 0.361 e. The van der Waals surface area contributed by atoms with Gasteiger partial charge >= 0.3 is 0 Å². The van der Waals surface area contributed by atoms with Crippen molar-refractivity contribution in [3.05, 3.63) is 106 Å². The van der Waals surface area contributed by atoms with Crippen LogP contribution in [0, 0.1) is 5.82 Å². The van der Waals surface area contributed by atoms with Crippen molar-refractivity contribution >= 4 is 21.5 Å².